The number of hydrazine groups is 1. The Hall–Kier alpha value is -2.68. The second kappa shape index (κ2) is 13.3. The number of amides is 1. The fourth-order valence-electron chi connectivity index (χ4n) is 3.94. The lowest BCUT2D eigenvalue weighted by Crippen LogP contribution is -2.45. The topological polar surface area (TPSA) is 148 Å². The number of piperidine rings is 1. The lowest BCUT2D eigenvalue weighted by atomic mass is 10.2. The molecule has 218 valence electrons. The van der Waals surface area contributed by atoms with Crippen molar-refractivity contribution >= 4 is 49.3 Å². The van der Waals surface area contributed by atoms with Crippen molar-refractivity contribution in [2.75, 3.05) is 25.1 Å². The number of nitrogens with one attached hydrogen (secondary N) is 1. The monoisotopic (exact) mass is 632 g/mol. The van der Waals surface area contributed by atoms with Gasteiger partial charge in [0.15, 0.2) is 5.69 Å². The average molecular weight is 634 g/mol. The van der Waals surface area contributed by atoms with Crippen LogP contribution in [0.3, 0.4) is 0 Å². The highest BCUT2D eigenvalue weighted by Crippen LogP contribution is 2.33. The molecule has 0 bridgehead atoms. The molecule has 0 atom stereocenters. The van der Waals surface area contributed by atoms with Gasteiger partial charge in [0.25, 0.3) is 16.0 Å². The first kappa shape index (κ1) is 31.8. The van der Waals surface area contributed by atoms with Crippen molar-refractivity contribution in [1.82, 2.24) is 20.0 Å². The van der Waals surface area contributed by atoms with Gasteiger partial charge in [0.1, 0.15) is 11.6 Å². The van der Waals surface area contributed by atoms with E-state index in [1.54, 1.807) is 54.0 Å². The number of aromatic nitrogens is 2. The molecule has 1 saturated heterocycles. The van der Waals surface area contributed by atoms with Crippen molar-refractivity contribution in [2.24, 2.45) is 0 Å². The van der Waals surface area contributed by atoms with Crippen LogP contribution in [-0.2, 0) is 20.2 Å². The SMILES string of the molecule is CCS(=O)(=O)Oc1ccc(-n2c(-c3ccc(Cl)cc3Cl)nc(C(=O)NN3CCCCC3)c2C)cc1.CS(=O)(=O)O. The van der Waals surface area contributed by atoms with Gasteiger partial charge in [-0.15, -0.1) is 0 Å². The quantitative estimate of drug-likeness (QED) is 0.283. The molecule has 40 heavy (non-hydrogen) atoms. The van der Waals surface area contributed by atoms with Crippen LogP contribution >= 0.6 is 23.2 Å². The fourth-order valence-corrected chi connectivity index (χ4v) is 4.96. The number of carbonyl (C=O) groups is 1. The second-order valence-electron chi connectivity index (χ2n) is 8.97. The van der Waals surface area contributed by atoms with Gasteiger partial charge in [-0.3, -0.25) is 19.3 Å². The van der Waals surface area contributed by atoms with Gasteiger partial charge in [0.05, 0.1) is 22.7 Å². The Bertz CT molecular complexity index is 1560. The third-order valence-electron chi connectivity index (χ3n) is 5.78. The first-order valence-corrected chi connectivity index (χ1v) is 16.4. The van der Waals surface area contributed by atoms with Crippen LogP contribution in [0.2, 0.25) is 10.0 Å². The Morgan fingerprint density at radius 3 is 2.20 bits per heavy atom. The fraction of sp³-hybridized carbons (Fsp3) is 0.360. The molecule has 15 heteroatoms. The standard InChI is InChI=1S/C24H26Cl2N4O4S.CH4O3S/c1-3-35(32,33)34-19-10-8-18(9-11-19)30-16(2)22(24(31)28-29-13-5-4-6-14-29)27-23(30)20-12-7-17(25)15-21(20)26;1-5(2,3)4/h7-12,15H,3-6,13-14H2,1-2H3,(H,28,31);1H3,(H,2,3,4). The highest BCUT2D eigenvalue weighted by molar-refractivity contribution is 7.87. The molecule has 2 N–H and O–H groups in total. The third kappa shape index (κ3) is 8.91. The van der Waals surface area contributed by atoms with E-state index in [0.717, 1.165) is 32.4 Å². The van der Waals surface area contributed by atoms with Gasteiger partial charge in [0.2, 0.25) is 0 Å². The molecule has 3 aromatic rings. The predicted molar refractivity (Wildman–Crippen MR) is 154 cm³/mol. The number of carbonyl (C=O) groups excluding carboxylic acids is 1. The normalized spacial score (nSPS) is 14.2. The molecular weight excluding hydrogens is 603 g/mol. The van der Waals surface area contributed by atoms with Gasteiger partial charge in [-0.25, -0.2) is 9.99 Å². The number of imidazole rings is 1. The van der Waals surface area contributed by atoms with E-state index in [1.165, 1.54) is 6.92 Å². The molecule has 4 rings (SSSR count). The molecule has 2 aromatic carbocycles. The van der Waals surface area contributed by atoms with Crippen molar-refractivity contribution in [3.63, 3.8) is 0 Å². The second-order valence-corrected chi connectivity index (χ2v) is 13.1. The maximum atomic E-state index is 13.2. The number of halogens is 2. The Balaban J connectivity index is 0.000000810. The molecule has 1 fully saturated rings. The Kier molecular flexibility index (Phi) is 10.6. The highest BCUT2D eigenvalue weighted by atomic mass is 35.5. The van der Waals surface area contributed by atoms with Gasteiger partial charge in [-0.05, 0) is 69.2 Å². The molecule has 1 aliphatic heterocycles. The maximum absolute atomic E-state index is 13.2. The number of hydrogen-bond donors (Lipinski definition) is 2. The maximum Gasteiger partial charge on any atom is 0.308 e. The van der Waals surface area contributed by atoms with Crippen LogP contribution < -0.4 is 9.61 Å². The molecule has 2 heterocycles. The number of hydrogen-bond acceptors (Lipinski definition) is 8. The van der Waals surface area contributed by atoms with E-state index < -0.39 is 20.2 Å². The van der Waals surface area contributed by atoms with Crippen LogP contribution in [0.25, 0.3) is 17.1 Å². The molecule has 0 unspecified atom stereocenters. The summed E-state index contributed by atoms with van der Waals surface area (Å²) in [4.78, 5) is 17.9. The summed E-state index contributed by atoms with van der Waals surface area (Å²) < 4.78 is 56.4. The minimum absolute atomic E-state index is 0.135. The van der Waals surface area contributed by atoms with Crippen LogP contribution in [0.4, 0.5) is 0 Å². The van der Waals surface area contributed by atoms with E-state index in [0.29, 0.717) is 39.1 Å². The zero-order valence-corrected chi connectivity index (χ0v) is 25.2. The zero-order valence-electron chi connectivity index (χ0n) is 22.1. The van der Waals surface area contributed by atoms with Crippen molar-refractivity contribution in [1.29, 1.82) is 0 Å². The summed E-state index contributed by atoms with van der Waals surface area (Å²) in [5.74, 6) is 0.221. The van der Waals surface area contributed by atoms with E-state index in [4.69, 9.17) is 31.9 Å². The average Bonchev–Trinajstić information content (AvgIpc) is 3.21. The lowest BCUT2D eigenvalue weighted by Gasteiger charge is -2.26. The first-order valence-electron chi connectivity index (χ1n) is 12.2. The summed E-state index contributed by atoms with van der Waals surface area (Å²) in [5, 5.41) is 2.79. The smallest absolute Gasteiger partial charge is 0.308 e. The summed E-state index contributed by atoms with van der Waals surface area (Å²) in [7, 11) is -7.31. The van der Waals surface area contributed by atoms with Gasteiger partial charge in [0, 0.05) is 29.4 Å². The predicted octanol–water partition coefficient (Wildman–Crippen LogP) is 4.52. The summed E-state index contributed by atoms with van der Waals surface area (Å²) in [6, 6.07) is 11.6. The molecule has 1 aromatic heterocycles. The van der Waals surface area contributed by atoms with Gasteiger partial charge >= 0.3 is 10.1 Å². The largest absolute Gasteiger partial charge is 0.382 e. The number of rotatable bonds is 7. The minimum atomic E-state index is -3.67. The van der Waals surface area contributed by atoms with Crippen LogP contribution in [0.1, 0.15) is 42.4 Å². The van der Waals surface area contributed by atoms with Crippen molar-refractivity contribution < 1.29 is 30.4 Å². The molecule has 0 radical (unpaired) electrons. The summed E-state index contributed by atoms with van der Waals surface area (Å²) in [6.45, 7) is 4.90. The third-order valence-corrected chi connectivity index (χ3v) is 7.48. The highest BCUT2D eigenvalue weighted by Gasteiger charge is 2.25. The van der Waals surface area contributed by atoms with Gasteiger partial charge < -0.3 is 4.18 Å². The summed E-state index contributed by atoms with van der Waals surface area (Å²) in [6.07, 6.45) is 3.93. The molecule has 1 amide bonds. The first-order chi connectivity index (χ1) is 18.7. The van der Waals surface area contributed by atoms with E-state index in [1.807, 2.05) is 5.01 Å². The van der Waals surface area contributed by atoms with E-state index in [9.17, 15) is 21.6 Å². The summed E-state index contributed by atoms with van der Waals surface area (Å²) in [5.41, 5.74) is 5.10. The van der Waals surface area contributed by atoms with Crippen molar-refractivity contribution in [3.8, 4) is 22.8 Å². The van der Waals surface area contributed by atoms with E-state index in [2.05, 4.69) is 10.4 Å². The summed E-state index contributed by atoms with van der Waals surface area (Å²) >= 11 is 12.6. The molecule has 11 nitrogen and oxygen atoms in total. The van der Waals surface area contributed by atoms with Crippen molar-refractivity contribution in [2.45, 2.75) is 33.1 Å². The van der Waals surface area contributed by atoms with Crippen LogP contribution in [0.5, 0.6) is 5.75 Å². The Morgan fingerprint density at radius 1 is 1.05 bits per heavy atom. The van der Waals surface area contributed by atoms with Crippen molar-refractivity contribution in [3.05, 3.63) is 63.9 Å². The van der Waals surface area contributed by atoms with Gasteiger partial charge in [-0.2, -0.15) is 16.8 Å². The Labute approximate surface area is 243 Å². The number of benzene rings is 2. The lowest BCUT2D eigenvalue weighted by molar-refractivity contribution is 0.0744. The van der Waals surface area contributed by atoms with E-state index in [-0.39, 0.29) is 23.1 Å². The minimum Gasteiger partial charge on any atom is -0.382 e. The van der Waals surface area contributed by atoms with Crippen LogP contribution in [0, 0.1) is 6.92 Å². The molecular formula is C25H30Cl2N4O7S2. The van der Waals surface area contributed by atoms with Gasteiger partial charge in [-0.1, -0.05) is 29.6 Å². The zero-order chi connectivity index (χ0) is 29.7. The van der Waals surface area contributed by atoms with E-state index >= 15 is 0 Å². The van der Waals surface area contributed by atoms with Crippen LogP contribution in [0.15, 0.2) is 42.5 Å². The number of nitrogens with zero attached hydrogens (tertiary/aromatic N) is 3. The Morgan fingerprint density at radius 2 is 1.65 bits per heavy atom. The molecule has 1 aliphatic rings. The van der Waals surface area contributed by atoms with Crippen LogP contribution in [-0.4, -0.2) is 67.0 Å². The molecule has 0 saturated carbocycles. The molecule has 0 spiro atoms. The molecule has 0 aliphatic carbocycles.